The lowest BCUT2D eigenvalue weighted by Crippen LogP contribution is -2.23. The van der Waals surface area contributed by atoms with Crippen molar-refractivity contribution in [2.75, 3.05) is 6.54 Å². The van der Waals surface area contributed by atoms with Crippen molar-refractivity contribution in [2.45, 2.75) is 13.3 Å². The van der Waals surface area contributed by atoms with E-state index < -0.39 is 0 Å². The smallest absolute Gasteiger partial charge is 0.255 e. The van der Waals surface area contributed by atoms with Gasteiger partial charge in [0.25, 0.3) is 5.91 Å². The highest BCUT2D eigenvalue weighted by Gasteiger charge is 2.12. The number of halogens is 1. The maximum Gasteiger partial charge on any atom is 0.255 e. The van der Waals surface area contributed by atoms with Gasteiger partial charge in [0.05, 0.1) is 11.8 Å². The first-order valence-corrected chi connectivity index (χ1v) is 4.91. The van der Waals surface area contributed by atoms with Gasteiger partial charge in [-0.05, 0) is 22.4 Å². The topological polar surface area (TPSA) is 46.9 Å². The second-order valence-corrected chi connectivity index (χ2v) is 3.48. The normalized spacial score (nSPS) is 10.1. The molecule has 5 heteroatoms. The van der Waals surface area contributed by atoms with Crippen LogP contribution in [0, 0.1) is 0 Å². The number of aryl methyl sites for hydroxylation is 1. The second kappa shape index (κ2) is 4.41. The van der Waals surface area contributed by atoms with Crippen LogP contribution in [0.5, 0.6) is 0 Å². The first kappa shape index (κ1) is 10.2. The molecule has 1 N–H and O–H groups in total. The molecule has 0 aliphatic carbocycles. The third-order valence-corrected chi connectivity index (χ3v) is 2.59. The lowest BCUT2D eigenvalue weighted by Gasteiger charge is -2.00. The van der Waals surface area contributed by atoms with E-state index >= 15 is 0 Å². The molecule has 0 fully saturated rings. The Kier molecular flexibility index (Phi) is 3.48. The molecule has 0 unspecified atom stereocenters. The van der Waals surface area contributed by atoms with Gasteiger partial charge in [0.2, 0.25) is 0 Å². The fraction of sp³-hybridized carbons (Fsp3) is 0.500. The molecular formula is C8H12BrN3O. The number of hydrogen-bond donors (Lipinski definition) is 1. The second-order valence-electron chi connectivity index (χ2n) is 2.73. The fourth-order valence-corrected chi connectivity index (χ4v) is 1.28. The Morgan fingerprint density at radius 3 is 2.92 bits per heavy atom. The number of carbonyl (C=O) groups is 1. The maximum atomic E-state index is 11.4. The van der Waals surface area contributed by atoms with Gasteiger partial charge < -0.3 is 5.32 Å². The van der Waals surface area contributed by atoms with Crippen molar-refractivity contribution in [3.8, 4) is 0 Å². The van der Waals surface area contributed by atoms with Gasteiger partial charge in [-0.2, -0.15) is 5.10 Å². The van der Waals surface area contributed by atoms with Gasteiger partial charge in [-0.25, -0.2) is 0 Å². The molecule has 1 aromatic rings. The van der Waals surface area contributed by atoms with Crippen molar-refractivity contribution >= 4 is 21.8 Å². The molecule has 0 aliphatic heterocycles. The van der Waals surface area contributed by atoms with Crippen LogP contribution >= 0.6 is 15.9 Å². The zero-order valence-electron chi connectivity index (χ0n) is 7.67. The van der Waals surface area contributed by atoms with E-state index in [1.807, 2.05) is 6.92 Å². The lowest BCUT2D eigenvalue weighted by atomic mass is 10.3. The molecule has 0 radical (unpaired) electrons. The van der Waals surface area contributed by atoms with Crippen LogP contribution < -0.4 is 5.32 Å². The Morgan fingerprint density at radius 2 is 2.46 bits per heavy atom. The Morgan fingerprint density at radius 1 is 1.77 bits per heavy atom. The summed E-state index contributed by atoms with van der Waals surface area (Å²) in [6.07, 6.45) is 2.48. The molecule has 1 amide bonds. The van der Waals surface area contributed by atoms with Crippen molar-refractivity contribution in [1.82, 2.24) is 15.1 Å². The van der Waals surface area contributed by atoms with Crippen LogP contribution in [0.15, 0.2) is 10.8 Å². The van der Waals surface area contributed by atoms with Crippen molar-refractivity contribution < 1.29 is 4.79 Å². The Bertz CT molecular complexity index is 308. The van der Waals surface area contributed by atoms with Crippen LogP contribution in [-0.2, 0) is 7.05 Å². The fourth-order valence-electron chi connectivity index (χ4n) is 0.909. The number of nitrogens with one attached hydrogen (secondary N) is 1. The summed E-state index contributed by atoms with van der Waals surface area (Å²) >= 11 is 3.28. The third kappa shape index (κ3) is 2.30. The summed E-state index contributed by atoms with van der Waals surface area (Å²) in [4.78, 5) is 11.4. The van der Waals surface area contributed by atoms with Gasteiger partial charge in [-0.3, -0.25) is 9.48 Å². The molecule has 1 heterocycles. The molecule has 4 nitrogen and oxygen atoms in total. The highest BCUT2D eigenvalue weighted by Crippen LogP contribution is 2.14. The molecule has 72 valence electrons. The summed E-state index contributed by atoms with van der Waals surface area (Å²) < 4.78 is 2.32. The minimum absolute atomic E-state index is 0.0816. The maximum absolute atomic E-state index is 11.4. The van der Waals surface area contributed by atoms with Gasteiger partial charge in [-0.15, -0.1) is 0 Å². The predicted octanol–water partition coefficient (Wildman–Crippen LogP) is 1.32. The summed E-state index contributed by atoms with van der Waals surface area (Å²) in [7, 11) is 1.78. The first-order chi connectivity index (χ1) is 6.16. The molecule has 0 atom stereocenters. The van der Waals surface area contributed by atoms with Crippen molar-refractivity contribution in [2.24, 2.45) is 7.05 Å². The van der Waals surface area contributed by atoms with E-state index in [-0.39, 0.29) is 5.91 Å². The molecule has 0 spiro atoms. The summed E-state index contributed by atoms with van der Waals surface area (Å²) in [5, 5.41) is 6.73. The molecule has 1 rings (SSSR count). The minimum atomic E-state index is -0.0816. The standard InChI is InChI=1S/C8H12BrN3O/c1-3-4-10-8(13)6-5-11-12(2)7(6)9/h5H,3-4H2,1-2H3,(H,10,13). The average molecular weight is 246 g/mol. The number of carbonyl (C=O) groups excluding carboxylic acids is 1. The number of hydrogen-bond acceptors (Lipinski definition) is 2. The van der Waals surface area contributed by atoms with Crippen LogP contribution in [0.4, 0.5) is 0 Å². The predicted molar refractivity (Wildman–Crippen MR) is 53.5 cm³/mol. The largest absolute Gasteiger partial charge is 0.352 e. The van der Waals surface area contributed by atoms with Gasteiger partial charge in [-0.1, -0.05) is 6.92 Å². The highest BCUT2D eigenvalue weighted by molar-refractivity contribution is 9.10. The van der Waals surface area contributed by atoms with Crippen molar-refractivity contribution in [1.29, 1.82) is 0 Å². The molecule has 0 aromatic carbocycles. The van der Waals surface area contributed by atoms with Crippen LogP contribution in [-0.4, -0.2) is 22.2 Å². The SMILES string of the molecule is CCCNC(=O)c1cnn(C)c1Br. The molecule has 13 heavy (non-hydrogen) atoms. The van der Waals surface area contributed by atoms with Crippen LogP contribution in [0.1, 0.15) is 23.7 Å². The van der Waals surface area contributed by atoms with Crippen molar-refractivity contribution in [3.63, 3.8) is 0 Å². The Hall–Kier alpha value is -0.840. The molecule has 0 aliphatic rings. The van der Waals surface area contributed by atoms with Gasteiger partial charge >= 0.3 is 0 Å². The van der Waals surface area contributed by atoms with E-state index in [0.717, 1.165) is 6.42 Å². The molecule has 1 aromatic heterocycles. The zero-order chi connectivity index (χ0) is 9.84. The van der Waals surface area contributed by atoms with Gasteiger partial charge in [0, 0.05) is 13.6 Å². The van der Waals surface area contributed by atoms with E-state index in [0.29, 0.717) is 16.7 Å². The van der Waals surface area contributed by atoms with E-state index in [1.54, 1.807) is 17.9 Å². The monoisotopic (exact) mass is 245 g/mol. The number of aromatic nitrogens is 2. The minimum Gasteiger partial charge on any atom is -0.352 e. The summed E-state index contributed by atoms with van der Waals surface area (Å²) in [5.74, 6) is -0.0816. The van der Waals surface area contributed by atoms with Crippen molar-refractivity contribution in [3.05, 3.63) is 16.4 Å². The number of rotatable bonds is 3. The zero-order valence-corrected chi connectivity index (χ0v) is 9.26. The van der Waals surface area contributed by atoms with Crippen LogP contribution in [0.25, 0.3) is 0 Å². The molecule has 0 saturated carbocycles. The van der Waals surface area contributed by atoms with E-state index in [2.05, 4.69) is 26.3 Å². The first-order valence-electron chi connectivity index (χ1n) is 4.12. The van der Waals surface area contributed by atoms with E-state index in [9.17, 15) is 4.79 Å². The van der Waals surface area contributed by atoms with E-state index in [1.165, 1.54) is 0 Å². The summed E-state index contributed by atoms with van der Waals surface area (Å²) in [6, 6.07) is 0. The average Bonchev–Trinajstić information content (AvgIpc) is 2.44. The Balaban J connectivity index is 2.71. The van der Waals surface area contributed by atoms with Gasteiger partial charge in [0.1, 0.15) is 4.60 Å². The number of nitrogens with zero attached hydrogens (tertiary/aromatic N) is 2. The lowest BCUT2D eigenvalue weighted by molar-refractivity contribution is 0.0953. The van der Waals surface area contributed by atoms with Crippen LogP contribution in [0.2, 0.25) is 0 Å². The molecule has 0 bridgehead atoms. The quantitative estimate of drug-likeness (QED) is 0.874. The van der Waals surface area contributed by atoms with Crippen LogP contribution in [0.3, 0.4) is 0 Å². The number of amides is 1. The van der Waals surface area contributed by atoms with E-state index in [4.69, 9.17) is 0 Å². The molecule has 0 saturated heterocycles. The molecular weight excluding hydrogens is 234 g/mol. The van der Waals surface area contributed by atoms with Gasteiger partial charge in [0.15, 0.2) is 0 Å². The summed E-state index contributed by atoms with van der Waals surface area (Å²) in [6.45, 7) is 2.71. The highest BCUT2D eigenvalue weighted by atomic mass is 79.9. The Labute approximate surface area is 85.4 Å². The third-order valence-electron chi connectivity index (χ3n) is 1.65. The summed E-state index contributed by atoms with van der Waals surface area (Å²) in [5.41, 5.74) is 0.580.